The molecule has 0 aliphatic rings. The number of halogens is 16. The van der Waals surface area contributed by atoms with Gasteiger partial charge in [0.1, 0.15) is 0 Å². The normalized spacial score (nSPS) is 17.4. The van der Waals surface area contributed by atoms with Crippen molar-refractivity contribution in [2.45, 2.75) is 42.1 Å². The highest BCUT2D eigenvalue weighted by atomic mass is 19.4. The second kappa shape index (κ2) is 5.69. The van der Waals surface area contributed by atoms with E-state index in [0.29, 0.717) is 0 Å². The van der Waals surface area contributed by atoms with Crippen LogP contribution in [-0.4, -0.2) is 47.4 Å². The van der Waals surface area contributed by atoms with Crippen LogP contribution in [0.4, 0.5) is 70.4 Å². The molecular formula is C7HF16N. The molecule has 0 heterocycles. The molecule has 0 spiro atoms. The molecule has 0 fully saturated rings. The van der Waals surface area contributed by atoms with Crippen LogP contribution < -0.4 is 0 Å². The van der Waals surface area contributed by atoms with Crippen LogP contribution in [-0.2, 0) is 0 Å². The zero-order chi connectivity index (χ0) is 20.2. The van der Waals surface area contributed by atoms with E-state index in [0.717, 1.165) is 0 Å². The summed E-state index contributed by atoms with van der Waals surface area (Å²) in [5.74, 6) is -40.1. The molecule has 1 unspecified atom stereocenters. The van der Waals surface area contributed by atoms with Gasteiger partial charge in [0.2, 0.25) is 0 Å². The fourth-order valence-electron chi connectivity index (χ4n) is 1.05. The quantitative estimate of drug-likeness (QED) is 0.339. The smallest absolute Gasteiger partial charge is 0.217 e. The van der Waals surface area contributed by atoms with Gasteiger partial charge in [0.15, 0.2) is 0 Å². The van der Waals surface area contributed by atoms with E-state index in [1.807, 2.05) is 0 Å². The molecule has 146 valence electrons. The summed E-state index contributed by atoms with van der Waals surface area (Å²) in [4.78, 5) is 0. The highest BCUT2D eigenvalue weighted by molar-refractivity contribution is 5.11. The highest BCUT2D eigenvalue weighted by Gasteiger charge is 2.91. The molecule has 0 amide bonds. The minimum Gasteiger partial charge on any atom is -0.217 e. The summed E-state index contributed by atoms with van der Waals surface area (Å²) in [5, 5.41) is -3.51. The Bertz CT molecular complexity index is 448. The van der Waals surface area contributed by atoms with E-state index in [1.54, 1.807) is 0 Å². The molecule has 0 aromatic heterocycles. The first-order chi connectivity index (χ1) is 10.1. The van der Waals surface area contributed by atoms with Crippen LogP contribution in [0.1, 0.15) is 0 Å². The summed E-state index contributed by atoms with van der Waals surface area (Å²) in [5.41, 5.74) is 0. The molecule has 0 N–H and O–H groups in total. The van der Waals surface area contributed by atoms with Crippen molar-refractivity contribution in [3.05, 3.63) is 0 Å². The zero-order valence-corrected chi connectivity index (χ0v) is 10.1. The maximum Gasteiger partial charge on any atom is 0.460 e. The van der Waals surface area contributed by atoms with E-state index in [1.165, 1.54) is 0 Å². The van der Waals surface area contributed by atoms with Gasteiger partial charge in [-0.2, -0.15) is 57.1 Å². The number of hydrogen-bond donors (Lipinski definition) is 0. The number of hydrogen-bond acceptors (Lipinski definition) is 1. The van der Waals surface area contributed by atoms with Crippen LogP contribution >= 0.6 is 0 Å². The van der Waals surface area contributed by atoms with Crippen LogP contribution in [0.2, 0.25) is 0 Å². The molecule has 0 aliphatic heterocycles. The number of rotatable bonds is 6. The Kier molecular flexibility index (Phi) is 5.41. The van der Waals surface area contributed by atoms with Crippen LogP contribution in [0.25, 0.3) is 0 Å². The molecule has 0 saturated carbocycles. The van der Waals surface area contributed by atoms with Crippen LogP contribution in [0.15, 0.2) is 0 Å². The van der Waals surface area contributed by atoms with E-state index >= 15 is 0 Å². The van der Waals surface area contributed by atoms with Crippen molar-refractivity contribution in [2.75, 3.05) is 0 Å². The van der Waals surface area contributed by atoms with Gasteiger partial charge in [-0.25, -0.2) is 4.39 Å². The largest absolute Gasteiger partial charge is 0.460 e. The first-order valence-corrected chi connectivity index (χ1v) is 4.81. The predicted molar refractivity (Wildman–Crippen MR) is 39.7 cm³/mol. The topological polar surface area (TPSA) is 3.24 Å². The number of nitrogens with zero attached hydrogens (tertiary/aromatic N) is 1. The molecule has 0 aromatic carbocycles. The standard InChI is InChI=1S/C7HF16N/c8-1(24(22)23)2(9,10)3(11,12)4(13,14)5(15,16)6(17,18)7(19,20)21/h1H. The fourth-order valence-corrected chi connectivity index (χ4v) is 1.05. The van der Waals surface area contributed by atoms with Gasteiger partial charge >= 0.3 is 35.8 Å². The third-order valence-electron chi connectivity index (χ3n) is 2.43. The molecule has 1 atom stereocenters. The summed E-state index contributed by atoms with van der Waals surface area (Å²) < 4.78 is 196. The SMILES string of the molecule is FC(N(F)F)C(F)(F)C(F)(F)C(F)(F)C(F)(F)C(F)(F)C(F)(F)F. The molecule has 24 heavy (non-hydrogen) atoms. The Hall–Kier alpha value is -1.16. The monoisotopic (exact) mass is 403 g/mol. The lowest BCUT2D eigenvalue weighted by Gasteiger charge is -2.40. The molecule has 17 heteroatoms. The predicted octanol–water partition coefficient (Wildman–Crippen LogP) is 5.09. The summed E-state index contributed by atoms with van der Waals surface area (Å²) >= 11 is 0. The molecule has 0 aliphatic carbocycles. The lowest BCUT2D eigenvalue weighted by molar-refractivity contribution is -0.451. The second-order valence-electron chi connectivity index (χ2n) is 4.01. The highest BCUT2D eigenvalue weighted by Crippen LogP contribution is 2.61. The van der Waals surface area contributed by atoms with Gasteiger partial charge in [-0.3, -0.25) is 0 Å². The number of alkyl halides is 14. The van der Waals surface area contributed by atoms with E-state index in [-0.39, 0.29) is 0 Å². The van der Waals surface area contributed by atoms with E-state index in [2.05, 4.69) is 0 Å². The van der Waals surface area contributed by atoms with E-state index in [9.17, 15) is 70.4 Å². The molecule has 0 saturated heterocycles. The lowest BCUT2D eigenvalue weighted by atomic mass is 9.93. The lowest BCUT2D eigenvalue weighted by Crippen LogP contribution is -2.71. The van der Waals surface area contributed by atoms with Crippen molar-refractivity contribution in [1.82, 2.24) is 5.34 Å². The molecule has 0 aromatic rings. The van der Waals surface area contributed by atoms with E-state index < -0.39 is 47.4 Å². The Balaban J connectivity index is 6.31. The molecule has 0 bridgehead atoms. The Morgan fingerprint density at radius 1 is 0.500 bits per heavy atom. The maximum absolute atomic E-state index is 12.7. The fraction of sp³-hybridized carbons (Fsp3) is 1.00. The van der Waals surface area contributed by atoms with Gasteiger partial charge in [-0.1, -0.05) is 8.96 Å². The Morgan fingerprint density at radius 2 is 0.792 bits per heavy atom. The second-order valence-corrected chi connectivity index (χ2v) is 4.01. The Morgan fingerprint density at radius 3 is 1.04 bits per heavy atom. The van der Waals surface area contributed by atoms with Crippen molar-refractivity contribution in [1.29, 1.82) is 0 Å². The third kappa shape index (κ3) is 2.83. The first kappa shape index (κ1) is 22.8. The van der Waals surface area contributed by atoms with Crippen molar-refractivity contribution >= 4 is 0 Å². The zero-order valence-electron chi connectivity index (χ0n) is 10.1. The molecular weight excluding hydrogens is 402 g/mol. The van der Waals surface area contributed by atoms with Crippen LogP contribution in [0.5, 0.6) is 0 Å². The van der Waals surface area contributed by atoms with E-state index in [4.69, 9.17) is 0 Å². The van der Waals surface area contributed by atoms with Crippen molar-refractivity contribution in [3.63, 3.8) is 0 Å². The van der Waals surface area contributed by atoms with Crippen molar-refractivity contribution < 1.29 is 70.4 Å². The minimum absolute atomic E-state index is 3.51. The van der Waals surface area contributed by atoms with Gasteiger partial charge in [-0.05, 0) is 0 Å². The van der Waals surface area contributed by atoms with Crippen molar-refractivity contribution in [2.24, 2.45) is 0 Å². The maximum atomic E-state index is 12.7. The molecule has 0 rings (SSSR count). The van der Waals surface area contributed by atoms with Crippen LogP contribution in [0.3, 0.4) is 0 Å². The minimum atomic E-state index is -8.30. The van der Waals surface area contributed by atoms with Crippen LogP contribution in [0, 0.1) is 0 Å². The average molecular weight is 403 g/mol. The molecule has 1 nitrogen and oxygen atoms in total. The summed E-state index contributed by atoms with van der Waals surface area (Å²) in [6.07, 6.45) is -13.4. The van der Waals surface area contributed by atoms with Gasteiger partial charge in [0.05, 0.1) is 5.34 Å². The molecule has 0 radical (unpaired) electrons. The summed E-state index contributed by atoms with van der Waals surface area (Å²) in [7, 11) is 0. The van der Waals surface area contributed by atoms with Gasteiger partial charge in [-0.15, -0.1) is 0 Å². The first-order valence-electron chi connectivity index (χ1n) is 4.81. The van der Waals surface area contributed by atoms with Gasteiger partial charge in [0.25, 0.3) is 6.30 Å². The van der Waals surface area contributed by atoms with Crippen molar-refractivity contribution in [3.8, 4) is 0 Å². The van der Waals surface area contributed by atoms with Gasteiger partial charge in [0, 0.05) is 0 Å². The Labute approximate surface area is 119 Å². The van der Waals surface area contributed by atoms with Gasteiger partial charge < -0.3 is 0 Å². The third-order valence-corrected chi connectivity index (χ3v) is 2.43. The summed E-state index contributed by atoms with van der Waals surface area (Å²) in [6.45, 7) is 0. The average Bonchev–Trinajstić information content (AvgIpc) is 2.35. The summed E-state index contributed by atoms with van der Waals surface area (Å²) in [6, 6.07) is 0.